The number of carbonyl (C=O) groups is 1. The standard InChI is InChI=1S/C18H18ClNO3/c1-23-17-9-5-2-6-13(17)10-11-18(22)20-12-16(21)14-7-3-4-8-15(14)19/h2-11,16,21H,12H2,1H3,(H,20,22)/b11-10+. The van der Waals surface area contributed by atoms with Gasteiger partial charge >= 0.3 is 0 Å². The molecule has 4 nitrogen and oxygen atoms in total. The van der Waals surface area contributed by atoms with Gasteiger partial charge in [-0.3, -0.25) is 4.79 Å². The summed E-state index contributed by atoms with van der Waals surface area (Å²) in [5.41, 5.74) is 1.39. The van der Waals surface area contributed by atoms with Crippen LogP contribution in [0.5, 0.6) is 5.75 Å². The predicted octanol–water partition coefficient (Wildman–Crippen LogP) is 3.21. The summed E-state index contributed by atoms with van der Waals surface area (Å²) < 4.78 is 5.21. The van der Waals surface area contributed by atoms with Gasteiger partial charge in [-0.05, 0) is 18.2 Å². The molecule has 0 heterocycles. The SMILES string of the molecule is COc1ccccc1/C=C/C(=O)NCC(O)c1ccccc1Cl. The molecular formula is C18H18ClNO3. The van der Waals surface area contributed by atoms with Crippen LogP contribution >= 0.6 is 11.6 Å². The third-order valence-corrected chi connectivity index (χ3v) is 3.63. The topological polar surface area (TPSA) is 58.6 Å². The van der Waals surface area contributed by atoms with Gasteiger partial charge in [-0.1, -0.05) is 48.0 Å². The van der Waals surface area contributed by atoms with E-state index in [1.54, 1.807) is 37.5 Å². The maximum absolute atomic E-state index is 11.9. The van der Waals surface area contributed by atoms with Gasteiger partial charge in [0.15, 0.2) is 0 Å². The third-order valence-electron chi connectivity index (χ3n) is 3.29. The maximum Gasteiger partial charge on any atom is 0.244 e. The van der Waals surface area contributed by atoms with E-state index >= 15 is 0 Å². The number of aliphatic hydroxyl groups excluding tert-OH is 1. The van der Waals surface area contributed by atoms with Gasteiger partial charge < -0.3 is 15.2 Å². The molecule has 2 N–H and O–H groups in total. The van der Waals surface area contributed by atoms with E-state index in [2.05, 4.69) is 5.32 Å². The molecule has 0 aliphatic rings. The Morgan fingerprint density at radius 1 is 1.26 bits per heavy atom. The molecule has 1 unspecified atom stereocenters. The number of hydrogen-bond acceptors (Lipinski definition) is 3. The van der Waals surface area contributed by atoms with Crippen LogP contribution in [0.1, 0.15) is 17.2 Å². The number of methoxy groups -OCH3 is 1. The van der Waals surface area contributed by atoms with E-state index in [0.29, 0.717) is 16.3 Å². The van der Waals surface area contributed by atoms with Gasteiger partial charge in [0.2, 0.25) is 5.91 Å². The minimum absolute atomic E-state index is 0.0822. The summed E-state index contributed by atoms with van der Waals surface area (Å²) in [5.74, 6) is 0.384. The molecule has 5 heteroatoms. The van der Waals surface area contributed by atoms with E-state index in [1.807, 2.05) is 24.3 Å². The lowest BCUT2D eigenvalue weighted by atomic mass is 10.1. The van der Waals surface area contributed by atoms with Crippen molar-refractivity contribution >= 4 is 23.6 Å². The molecule has 0 fully saturated rings. The molecule has 0 aliphatic carbocycles. The first-order valence-corrected chi connectivity index (χ1v) is 7.51. The Morgan fingerprint density at radius 2 is 1.96 bits per heavy atom. The van der Waals surface area contributed by atoms with Crippen LogP contribution in [0.25, 0.3) is 6.08 Å². The van der Waals surface area contributed by atoms with E-state index in [1.165, 1.54) is 6.08 Å². The zero-order chi connectivity index (χ0) is 16.7. The van der Waals surface area contributed by atoms with E-state index in [9.17, 15) is 9.90 Å². The molecule has 2 aromatic carbocycles. The molecule has 2 rings (SSSR count). The highest BCUT2D eigenvalue weighted by Gasteiger charge is 2.11. The number of aliphatic hydroxyl groups is 1. The Morgan fingerprint density at radius 3 is 2.70 bits per heavy atom. The number of halogens is 1. The van der Waals surface area contributed by atoms with Crippen molar-refractivity contribution in [1.82, 2.24) is 5.32 Å². The van der Waals surface area contributed by atoms with Crippen molar-refractivity contribution in [3.05, 3.63) is 70.8 Å². The van der Waals surface area contributed by atoms with Crippen LogP contribution in [0.2, 0.25) is 5.02 Å². The van der Waals surface area contributed by atoms with Gasteiger partial charge in [0.1, 0.15) is 5.75 Å². The van der Waals surface area contributed by atoms with Crippen molar-refractivity contribution in [3.8, 4) is 5.75 Å². The number of hydrogen-bond donors (Lipinski definition) is 2. The average molecular weight is 332 g/mol. The quantitative estimate of drug-likeness (QED) is 0.799. The van der Waals surface area contributed by atoms with Crippen molar-refractivity contribution in [1.29, 1.82) is 0 Å². The molecule has 120 valence electrons. The Hall–Kier alpha value is -2.30. The largest absolute Gasteiger partial charge is 0.496 e. The molecular weight excluding hydrogens is 314 g/mol. The van der Waals surface area contributed by atoms with Crippen LogP contribution < -0.4 is 10.1 Å². The molecule has 0 bridgehead atoms. The highest BCUT2D eigenvalue weighted by Crippen LogP contribution is 2.22. The van der Waals surface area contributed by atoms with Crippen LogP contribution in [-0.2, 0) is 4.79 Å². The van der Waals surface area contributed by atoms with Crippen molar-refractivity contribution in [2.75, 3.05) is 13.7 Å². The van der Waals surface area contributed by atoms with Gasteiger partial charge in [-0.15, -0.1) is 0 Å². The third kappa shape index (κ3) is 4.84. The zero-order valence-corrected chi connectivity index (χ0v) is 13.5. The predicted molar refractivity (Wildman–Crippen MR) is 91.4 cm³/mol. The van der Waals surface area contributed by atoms with E-state index in [0.717, 1.165) is 5.56 Å². The lowest BCUT2D eigenvalue weighted by Crippen LogP contribution is -2.26. The van der Waals surface area contributed by atoms with Gasteiger partial charge in [-0.2, -0.15) is 0 Å². The van der Waals surface area contributed by atoms with E-state index in [4.69, 9.17) is 16.3 Å². The van der Waals surface area contributed by atoms with Crippen molar-refractivity contribution in [3.63, 3.8) is 0 Å². The second-order valence-electron chi connectivity index (χ2n) is 4.86. The first-order chi connectivity index (χ1) is 11.1. The van der Waals surface area contributed by atoms with Crippen molar-refractivity contribution < 1.29 is 14.6 Å². The number of para-hydroxylation sites is 1. The van der Waals surface area contributed by atoms with Crippen LogP contribution in [0, 0.1) is 0 Å². The Kier molecular flexibility index (Phi) is 6.20. The van der Waals surface area contributed by atoms with Crippen LogP contribution in [0.15, 0.2) is 54.6 Å². The normalized spacial score (nSPS) is 12.1. The Labute approximate surface area is 140 Å². The highest BCUT2D eigenvalue weighted by atomic mass is 35.5. The Bertz CT molecular complexity index is 700. The number of benzene rings is 2. The van der Waals surface area contributed by atoms with Crippen LogP contribution in [-0.4, -0.2) is 24.7 Å². The van der Waals surface area contributed by atoms with Gasteiger partial charge in [0.25, 0.3) is 0 Å². The molecule has 0 aliphatic heterocycles. The van der Waals surface area contributed by atoms with Crippen molar-refractivity contribution in [2.45, 2.75) is 6.10 Å². The minimum atomic E-state index is -0.854. The molecule has 0 aromatic heterocycles. The second kappa shape index (κ2) is 8.36. The summed E-state index contributed by atoms with van der Waals surface area (Å²) in [7, 11) is 1.58. The summed E-state index contributed by atoms with van der Waals surface area (Å²) in [6.07, 6.45) is 2.21. The molecule has 1 amide bonds. The van der Waals surface area contributed by atoms with Gasteiger partial charge in [-0.25, -0.2) is 0 Å². The molecule has 0 saturated heterocycles. The Balaban J connectivity index is 1.92. The van der Waals surface area contributed by atoms with E-state index in [-0.39, 0.29) is 12.5 Å². The van der Waals surface area contributed by atoms with Crippen molar-refractivity contribution in [2.24, 2.45) is 0 Å². The number of carbonyl (C=O) groups excluding carboxylic acids is 1. The molecule has 23 heavy (non-hydrogen) atoms. The van der Waals surface area contributed by atoms with Crippen LogP contribution in [0.4, 0.5) is 0 Å². The molecule has 0 spiro atoms. The van der Waals surface area contributed by atoms with E-state index < -0.39 is 6.10 Å². The fraction of sp³-hybridized carbons (Fsp3) is 0.167. The minimum Gasteiger partial charge on any atom is -0.496 e. The molecule has 1 atom stereocenters. The fourth-order valence-electron chi connectivity index (χ4n) is 2.08. The number of nitrogens with one attached hydrogen (secondary N) is 1. The maximum atomic E-state index is 11.9. The number of ether oxygens (including phenoxy) is 1. The molecule has 0 saturated carbocycles. The van der Waals surface area contributed by atoms with Crippen LogP contribution in [0.3, 0.4) is 0 Å². The van der Waals surface area contributed by atoms with Gasteiger partial charge in [0.05, 0.1) is 13.2 Å². The first kappa shape index (κ1) is 17.1. The highest BCUT2D eigenvalue weighted by molar-refractivity contribution is 6.31. The summed E-state index contributed by atoms with van der Waals surface area (Å²) in [5, 5.41) is 13.2. The summed E-state index contributed by atoms with van der Waals surface area (Å²) in [4.78, 5) is 11.9. The average Bonchev–Trinajstić information content (AvgIpc) is 2.58. The first-order valence-electron chi connectivity index (χ1n) is 7.13. The monoisotopic (exact) mass is 331 g/mol. The summed E-state index contributed by atoms with van der Waals surface area (Å²) in [6, 6.07) is 14.4. The summed E-state index contributed by atoms with van der Waals surface area (Å²) >= 11 is 6.01. The summed E-state index contributed by atoms with van der Waals surface area (Å²) in [6.45, 7) is 0.0822. The van der Waals surface area contributed by atoms with Gasteiger partial charge in [0, 0.05) is 28.8 Å². The number of amides is 1. The second-order valence-corrected chi connectivity index (χ2v) is 5.26. The lowest BCUT2D eigenvalue weighted by Gasteiger charge is -2.12. The fourth-order valence-corrected chi connectivity index (χ4v) is 2.34. The number of rotatable bonds is 6. The lowest BCUT2D eigenvalue weighted by molar-refractivity contribution is -0.116. The molecule has 0 radical (unpaired) electrons. The molecule has 2 aromatic rings. The zero-order valence-electron chi connectivity index (χ0n) is 12.7. The smallest absolute Gasteiger partial charge is 0.244 e.